The maximum Gasteiger partial charge on any atom is 0.336 e. The van der Waals surface area contributed by atoms with E-state index in [2.05, 4.69) is 15.4 Å². The predicted molar refractivity (Wildman–Crippen MR) is 111 cm³/mol. The molecule has 0 bridgehead atoms. The Morgan fingerprint density at radius 3 is 1.43 bits per heavy atom. The van der Waals surface area contributed by atoms with Gasteiger partial charge in [-0.3, -0.25) is 4.55 Å². The number of hydrogen-bond acceptors (Lipinski definition) is 9. The van der Waals surface area contributed by atoms with Gasteiger partial charge in [-0.1, -0.05) is 22.3 Å². The third-order valence-electron chi connectivity index (χ3n) is 2.64. The highest BCUT2D eigenvalue weighted by molar-refractivity contribution is 7.85. The van der Waals surface area contributed by atoms with E-state index in [1.807, 2.05) is 0 Å². The molecule has 0 amide bonds. The number of esters is 1. The number of likely N-dealkylation sites (N-methyl/N-ethyl adjacent to an activating group) is 2. The fraction of sp³-hybridized carbons (Fsp3) is 0.875. The minimum Gasteiger partial charge on any atom is -0.479 e. The third kappa shape index (κ3) is 29.5. The Morgan fingerprint density at radius 2 is 1.25 bits per heavy atom. The Morgan fingerprint density at radius 1 is 0.964 bits per heavy atom. The van der Waals surface area contributed by atoms with Crippen molar-refractivity contribution in [3.8, 4) is 0 Å². The van der Waals surface area contributed by atoms with Crippen LogP contribution in [0.1, 0.15) is 43.1 Å². The summed E-state index contributed by atoms with van der Waals surface area (Å²) in [6.45, 7) is 5.31. The number of carbonyl (C=O) groups is 2. The first-order valence-corrected chi connectivity index (χ1v) is 9.10. The number of aliphatic carboxylic acids is 1. The van der Waals surface area contributed by atoms with Crippen LogP contribution in [0.3, 0.4) is 0 Å². The minimum atomic E-state index is -3.67. The van der Waals surface area contributed by atoms with Crippen molar-refractivity contribution in [1.29, 1.82) is 0 Å². The van der Waals surface area contributed by atoms with Crippen molar-refractivity contribution in [2.45, 2.75) is 67.3 Å². The smallest absolute Gasteiger partial charge is 0.336 e. The zero-order valence-corrected chi connectivity index (χ0v) is 16.1. The number of nitrogens with one attached hydrogen (secondary N) is 2. The van der Waals surface area contributed by atoms with E-state index >= 15 is 0 Å². The average Bonchev–Trinajstić information content (AvgIpc) is 2.50. The lowest BCUT2D eigenvalue weighted by Gasteiger charge is -2.15. The molecule has 11 nitrogen and oxygen atoms in total. The Labute approximate surface area is 170 Å². The number of aliphatic hydroxyl groups excluding tert-OH is 2. The van der Waals surface area contributed by atoms with Gasteiger partial charge in [0.15, 0.2) is 12.2 Å². The molecule has 12 heteroatoms. The van der Waals surface area contributed by atoms with E-state index in [0.29, 0.717) is 12.9 Å². The van der Waals surface area contributed by atoms with E-state index < -0.39 is 40.3 Å². The van der Waals surface area contributed by atoms with Gasteiger partial charge < -0.3 is 30.7 Å². The van der Waals surface area contributed by atoms with Gasteiger partial charge in [0.2, 0.25) is 0 Å². The van der Waals surface area contributed by atoms with Crippen molar-refractivity contribution in [3.63, 3.8) is 0 Å². The van der Waals surface area contributed by atoms with Crippen LogP contribution in [-0.4, -0.2) is 91.5 Å². The first-order valence-electron chi connectivity index (χ1n) is 7.25. The fourth-order valence-electron chi connectivity index (χ4n) is 0.961. The van der Waals surface area contributed by atoms with E-state index in [0.717, 1.165) is 0 Å². The number of ether oxygens (including phenoxy) is 1. The molecular formula is C16H42N2O9S. The fourth-order valence-corrected chi connectivity index (χ4v) is 0.961. The molecule has 0 heterocycles. The molecule has 0 rings (SSSR count). The molecule has 0 spiro atoms. The van der Waals surface area contributed by atoms with E-state index in [1.54, 1.807) is 34.9 Å². The Bertz CT molecular complexity index is 465. The minimum absolute atomic E-state index is 0. The highest BCUT2D eigenvalue weighted by Gasteiger charge is 2.21. The quantitative estimate of drug-likeness (QED) is 0.232. The second kappa shape index (κ2) is 22.0. The second-order valence-corrected chi connectivity index (χ2v) is 6.33. The second-order valence-electron chi connectivity index (χ2n) is 4.87. The molecule has 0 radical (unpaired) electrons. The molecule has 0 saturated carbocycles. The summed E-state index contributed by atoms with van der Waals surface area (Å²) in [6.07, 6.45) is -1.66. The molecule has 0 aromatic heterocycles. The molecule has 28 heavy (non-hydrogen) atoms. The van der Waals surface area contributed by atoms with Crippen molar-refractivity contribution >= 4 is 22.1 Å². The van der Waals surface area contributed by atoms with Gasteiger partial charge in [-0.15, -0.1) is 0 Å². The zero-order valence-electron chi connectivity index (χ0n) is 15.3. The van der Waals surface area contributed by atoms with E-state index in [1.165, 1.54) is 0 Å². The monoisotopic (exact) mass is 438 g/mol. The highest BCUT2D eigenvalue weighted by atomic mass is 32.2. The van der Waals surface area contributed by atoms with Crippen molar-refractivity contribution < 1.29 is 42.6 Å². The van der Waals surface area contributed by atoms with E-state index in [-0.39, 0.29) is 28.3 Å². The molecule has 0 fully saturated rings. The summed E-state index contributed by atoms with van der Waals surface area (Å²) in [6, 6.07) is -0.670. The van der Waals surface area contributed by atoms with Gasteiger partial charge in [0, 0.05) is 12.1 Å². The van der Waals surface area contributed by atoms with Crippen LogP contribution in [0.15, 0.2) is 0 Å². The molecule has 0 aliphatic carbocycles. The molecule has 0 aromatic rings. The third-order valence-corrected chi connectivity index (χ3v) is 2.64. The van der Waals surface area contributed by atoms with Gasteiger partial charge >= 0.3 is 11.9 Å². The summed E-state index contributed by atoms with van der Waals surface area (Å²) >= 11 is 0. The van der Waals surface area contributed by atoms with Crippen molar-refractivity contribution in [3.05, 3.63) is 0 Å². The van der Waals surface area contributed by atoms with Crippen LogP contribution in [0.25, 0.3) is 0 Å². The predicted octanol–water partition coefficient (Wildman–Crippen LogP) is -0.0296. The number of carboxylic acids is 1. The van der Waals surface area contributed by atoms with E-state index in [4.69, 9.17) is 14.8 Å². The van der Waals surface area contributed by atoms with E-state index in [9.17, 15) is 23.1 Å². The molecule has 0 unspecified atom stereocenters. The topological polar surface area (TPSA) is 182 Å². The van der Waals surface area contributed by atoms with Gasteiger partial charge in [0.25, 0.3) is 10.1 Å². The van der Waals surface area contributed by atoms with Crippen LogP contribution in [-0.2, 0) is 24.4 Å². The highest BCUT2D eigenvalue weighted by Crippen LogP contribution is 1.94. The summed E-state index contributed by atoms with van der Waals surface area (Å²) in [4.78, 5) is 20.8. The number of rotatable bonds is 7. The maximum absolute atomic E-state index is 10.8. The molecule has 176 valence electrons. The van der Waals surface area contributed by atoms with Crippen LogP contribution in [0.5, 0.6) is 0 Å². The lowest BCUT2D eigenvalue weighted by Crippen LogP contribution is -2.41. The van der Waals surface area contributed by atoms with Crippen molar-refractivity contribution in [2.75, 3.05) is 27.0 Å². The first-order chi connectivity index (χ1) is 11.2. The van der Waals surface area contributed by atoms with Crippen LogP contribution < -0.4 is 10.6 Å². The largest absolute Gasteiger partial charge is 0.479 e. The normalized spacial score (nSPS) is 13.6. The van der Waals surface area contributed by atoms with Crippen LogP contribution >= 0.6 is 0 Å². The van der Waals surface area contributed by atoms with Gasteiger partial charge in [-0.2, -0.15) is 8.42 Å². The van der Waals surface area contributed by atoms with Gasteiger partial charge in [-0.05, 0) is 34.9 Å². The molecule has 6 N–H and O–H groups in total. The molecule has 0 aliphatic heterocycles. The Kier molecular flexibility index (Phi) is 32.3. The average molecular weight is 439 g/mol. The molecule has 0 aromatic carbocycles. The zero-order chi connectivity index (χ0) is 20.8. The van der Waals surface area contributed by atoms with Crippen molar-refractivity contribution in [1.82, 2.24) is 10.6 Å². The summed E-state index contributed by atoms with van der Waals surface area (Å²) in [5.74, 6) is -1.77. The van der Waals surface area contributed by atoms with Crippen LogP contribution in [0.4, 0.5) is 0 Å². The summed E-state index contributed by atoms with van der Waals surface area (Å²) < 4.78 is 30.5. The number of aliphatic hydroxyl groups is 2. The number of carbonyl (C=O) groups excluding carboxylic acids is 1. The number of carboxylic acid groups (broad SMARTS) is 1. The summed E-state index contributed by atoms with van der Waals surface area (Å²) in [7, 11) is -0.399. The molecule has 0 saturated heterocycles. The summed E-state index contributed by atoms with van der Waals surface area (Å²) in [5.41, 5.74) is 0. The standard InChI is InChI=1S/C7H15NO3.C5H11NO3.CH4O3S.3CH4/c1-4-11-7(10)6(9)5(2)8-3;1-3(6-2)4(7)5(8)9;1-5(2,3)4;;;/h5-6,8-9H,4H2,1-3H3;3-4,6-7H,1-2H3,(H,8,9);1H3,(H,2,3,4);3*1H4/t5-,6+;3-,4+;;;;/m00..../s1. The van der Waals surface area contributed by atoms with Crippen molar-refractivity contribution in [2.24, 2.45) is 0 Å². The van der Waals surface area contributed by atoms with Crippen LogP contribution in [0, 0.1) is 0 Å². The van der Waals surface area contributed by atoms with Crippen LogP contribution in [0.2, 0.25) is 0 Å². The SMILES string of the molecule is C.C.C.CCOC(=O)[C@H](O)[C@H](C)NC.CN[C@@H](C)[C@@H](O)C(=O)O.CS(=O)(=O)O. The van der Waals surface area contributed by atoms with Gasteiger partial charge in [-0.25, -0.2) is 9.59 Å². The first kappa shape index (κ1) is 41.1. The lowest BCUT2D eigenvalue weighted by molar-refractivity contribution is -0.154. The molecule has 4 atom stereocenters. The lowest BCUT2D eigenvalue weighted by atomic mass is 10.2. The number of hydrogen-bond donors (Lipinski definition) is 6. The molecule has 0 aliphatic rings. The van der Waals surface area contributed by atoms with Gasteiger partial charge in [0.05, 0.1) is 12.9 Å². The van der Waals surface area contributed by atoms with Gasteiger partial charge in [0.1, 0.15) is 0 Å². The Balaban J connectivity index is -0.0000000651. The maximum atomic E-state index is 10.8. The molecular weight excluding hydrogens is 396 g/mol. The Hall–Kier alpha value is -1.31. The summed E-state index contributed by atoms with van der Waals surface area (Å²) in [5, 5.41) is 31.5.